The third-order valence-corrected chi connectivity index (χ3v) is 4.39. The van der Waals surface area contributed by atoms with Crippen molar-refractivity contribution >= 4 is 29.1 Å². The van der Waals surface area contributed by atoms with Crippen molar-refractivity contribution in [2.24, 2.45) is 5.92 Å². The molecule has 1 saturated heterocycles. The van der Waals surface area contributed by atoms with Crippen LogP contribution >= 0.6 is 23.2 Å². The highest BCUT2D eigenvalue weighted by atomic mass is 35.5. The molecule has 0 saturated carbocycles. The molecule has 0 atom stereocenters. The zero-order valence-corrected chi connectivity index (χ0v) is 14.0. The topological polar surface area (TPSA) is 32.3 Å². The molecule has 0 spiro atoms. The maximum Gasteiger partial charge on any atom is 0.223 e. The molecule has 0 aromatic heterocycles. The van der Waals surface area contributed by atoms with Crippen molar-refractivity contribution in [3.8, 4) is 0 Å². The first kappa shape index (κ1) is 16.6. The molecule has 0 radical (unpaired) electrons. The summed E-state index contributed by atoms with van der Waals surface area (Å²) in [5, 5.41) is 4.37. The lowest BCUT2D eigenvalue weighted by molar-refractivity contribution is -0.127. The molecule has 1 aliphatic heterocycles. The van der Waals surface area contributed by atoms with Crippen molar-refractivity contribution in [3.05, 3.63) is 33.8 Å². The molecule has 116 valence electrons. The van der Waals surface area contributed by atoms with Crippen molar-refractivity contribution in [1.82, 2.24) is 10.2 Å². The first-order chi connectivity index (χ1) is 9.95. The molecular formula is C16H22Cl2N2O. The molecule has 5 heteroatoms. The van der Waals surface area contributed by atoms with E-state index in [1.54, 1.807) is 6.07 Å². The van der Waals surface area contributed by atoms with E-state index in [9.17, 15) is 4.79 Å². The largest absolute Gasteiger partial charge is 0.354 e. The Hall–Kier alpha value is -0.770. The Labute approximate surface area is 136 Å². The number of nitrogens with zero attached hydrogens (tertiary/aromatic N) is 1. The minimum absolute atomic E-state index is 0.143. The van der Waals surface area contributed by atoms with Gasteiger partial charge in [0.1, 0.15) is 0 Å². The van der Waals surface area contributed by atoms with E-state index in [-0.39, 0.29) is 17.9 Å². The Bertz CT molecular complexity index is 497. The minimum Gasteiger partial charge on any atom is -0.354 e. The summed E-state index contributed by atoms with van der Waals surface area (Å²) in [6.45, 7) is 6.66. The van der Waals surface area contributed by atoms with Crippen molar-refractivity contribution in [2.75, 3.05) is 13.1 Å². The summed E-state index contributed by atoms with van der Waals surface area (Å²) in [6, 6.07) is 5.83. The first-order valence-corrected chi connectivity index (χ1v) is 8.18. The van der Waals surface area contributed by atoms with Crippen LogP contribution in [0.3, 0.4) is 0 Å². The normalized spacial score (nSPS) is 17.2. The number of halogens is 2. The van der Waals surface area contributed by atoms with Crippen molar-refractivity contribution in [1.29, 1.82) is 0 Å². The zero-order chi connectivity index (χ0) is 15.4. The highest BCUT2D eigenvalue weighted by Crippen LogP contribution is 2.25. The number of carbonyl (C=O) groups excluding carboxylic acids is 1. The van der Waals surface area contributed by atoms with Crippen LogP contribution in [0.25, 0.3) is 0 Å². The quantitative estimate of drug-likeness (QED) is 0.913. The van der Waals surface area contributed by atoms with Crippen molar-refractivity contribution < 1.29 is 4.79 Å². The summed E-state index contributed by atoms with van der Waals surface area (Å²) >= 11 is 12.1. The van der Waals surface area contributed by atoms with Gasteiger partial charge in [0.15, 0.2) is 0 Å². The number of piperidine rings is 1. The van der Waals surface area contributed by atoms with Crippen molar-refractivity contribution in [2.45, 2.75) is 39.3 Å². The Balaban J connectivity index is 1.85. The number of hydrogen-bond donors (Lipinski definition) is 1. The summed E-state index contributed by atoms with van der Waals surface area (Å²) < 4.78 is 0. The molecular weight excluding hydrogens is 307 g/mol. The molecule has 0 unspecified atom stereocenters. The average molecular weight is 329 g/mol. The lowest BCUT2D eigenvalue weighted by Gasteiger charge is -2.31. The molecule has 1 aromatic carbocycles. The van der Waals surface area contributed by atoms with Crippen LogP contribution in [0, 0.1) is 5.92 Å². The van der Waals surface area contributed by atoms with Gasteiger partial charge in [-0.3, -0.25) is 9.69 Å². The number of hydrogen-bond acceptors (Lipinski definition) is 2. The monoisotopic (exact) mass is 328 g/mol. The number of carbonyl (C=O) groups is 1. The highest BCUT2D eigenvalue weighted by Gasteiger charge is 2.25. The fourth-order valence-electron chi connectivity index (χ4n) is 2.65. The molecule has 2 rings (SSSR count). The number of rotatable bonds is 4. The van der Waals surface area contributed by atoms with Gasteiger partial charge in [0.2, 0.25) is 5.91 Å². The average Bonchev–Trinajstić information content (AvgIpc) is 2.42. The van der Waals surface area contributed by atoms with Crippen LogP contribution in [0.5, 0.6) is 0 Å². The Morgan fingerprint density at radius 3 is 2.57 bits per heavy atom. The maximum absolute atomic E-state index is 12.0. The van der Waals surface area contributed by atoms with E-state index in [0.29, 0.717) is 10.0 Å². The number of likely N-dealkylation sites (tertiary alicyclic amines) is 1. The van der Waals surface area contributed by atoms with Crippen molar-refractivity contribution in [3.63, 3.8) is 0 Å². The van der Waals surface area contributed by atoms with E-state index >= 15 is 0 Å². The third-order valence-electron chi connectivity index (χ3n) is 3.80. The van der Waals surface area contributed by atoms with Gasteiger partial charge in [0, 0.05) is 28.5 Å². The smallest absolute Gasteiger partial charge is 0.223 e. The molecule has 1 aliphatic rings. The maximum atomic E-state index is 12.0. The lowest BCUT2D eigenvalue weighted by Crippen LogP contribution is -2.42. The number of nitrogens with one attached hydrogen (secondary N) is 1. The summed E-state index contributed by atoms with van der Waals surface area (Å²) in [4.78, 5) is 14.3. The van der Waals surface area contributed by atoms with E-state index in [2.05, 4.69) is 10.2 Å². The van der Waals surface area contributed by atoms with Gasteiger partial charge >= 0.3 is 0 Å². The van der Waals surface area contributed by atoms with Crippen LogP contribution in [0.4, 0.5) is 0 Å². The number of benzene rings is 1. The Morgan fingerprint density at radius 1 is 1.33 bits per heavy atom. The highest BCUT2D eigenvalue weighted by molar-refractivity contribution is 6.35. The van der Waals surface area contributed by atoms with Crippen LogP contribution in [-0.4, -0.2) is 29.9 Å². The SMILES string of the molecule is CC(C)NC(=O)C1CCN(Cc2ccc(Cl)cc2Cl)CC1. The van der Waals surface area contributed by atoms with Gasteiger partial charge in [-0.05, 0) is 57.5 Å². The molecule has 0 aliphatic carbocycles. The van der Waals surface area contributed by atoms with Gasteiger partial charge in [0.25, 0.3) is 0 Å². The molecule has 3 nitrogen and oxygen atoms in total. The fraction of sp³-hybridized carbons (Fsp3) is 0.562. The van der Waals surface area contributed by atoms with Gasteiger partial charge in [0.05, 0.1) is 0 Å². The van der Waals surface area contributed by atoms with Gasteiger partial charge in [-0.25, -0.2) is 0 Å². The lowest BCUT2D eigenvalue weighted by atomic mass is 9.95. The van der Waals surface area contributed by atoms with Crippen LogP contribution in [0.2, 0.25) is 10.0 Å². The molecule has 21 heavy (non-hydrogen) atoms. The zero-order valence-electron chi connectivity index (χ0n) is 12.5. The second kappa shape index (κ2) is 7.48. The van der Waals surface area contributed by atoms with Crippen LogP contribution < -0.4 is 5.32 Å². The molecule has 0 bridgehead atoms. The van der Waals surface area contributed by atoms with Crippen LogP contribution in [0.15, 0.2) is 18.2 Å². The van der Waals surface area contributed by atoms with Gasteiger partial charge in [-0.2, -0.15) is 0 Å². The third kappa shape index (κ3) is 4.87. The van der Waals surface area contributed by atoms with Gasteiger partial charge < -0.3 is 5.32 Å². The van der Waals surface area contributed by atoms with E-state index in [4.69, 9.17) is 23.2 Å². The van der Waals surface area contributed by atoms with Crippen LogP contribution in [-0.2, 0) is 11.3 Å². The van der Waals surface area contributed by atoms with Gasteiger partial charge in [-0.1, -0.05) is 29.3 Å². The molecule has 1 heterocycles. The second-order valence-electron chi connectivity index (χ2n) is 5.95. The predicted octanol–water partition coefficient (Wildman–Crippen LogP) is 3.73. The van der Waals surface area contributed by atoms with E-state index in [1.807, 2.05) is 26.0 Å². The standard InChI is InChI=1S/C16H22Cl2N2O/c1-11(2)19-16(21)12-5-7-20(8-6-12)10-13-3-4-14(17)9-15(13)18/h3-4,9,11-12H,5-8,10H2,1-2H3,(H,19,21). The molecule has 1 N–H and O–H groups in total. The molecule has 1 fully saturated rings. The van der Waals surface area contributed by atoms with E-state index in [1.165, 1.54) is 0 Å². The fourth-order valence-corrected chi connectivity index (χ4v) is 3.11. The Kier molecular flexibility index (Phi) is 5.91. The first-order valence-electron chi connectivity index (χ1n) is 7.42. The number of amides is 1. The Morgan fingerprint density at radius 2 is 2.00 bits per heavy atom. The summed E-state index contributed by atoms with van der Waals surface area (Å²) in [7, 11) is 0. The predicted molar refractivity (Wildman–Crippen MR) is 87.7 cm³/mol. The van der Waals surface area contributed by atoms with E-state index in [0.717, 1.165) is 38.0 Å². The summed E-state index contributed by atoms with van der Waals surface area (Å²) in [5.74, 6) is 0.332. The summed E-state index contributed by atoms with van der Waals surface area (Å²) in [6.07, 6.45) is 1.81. The second-order valence-corrected chi connectivity index (χ2v) is 6.79. The molecule has 1 aromatic rings. The van der Waals surface area contributed by atoms with Gasteiger partial charge in [-0.15, -0.1) is 0 Å². The van der Waals surface area contributed by atoms with Crippen LogP contribution in [0.1, 0.15) is 32.3 Å². The van der Waals surface area contributed by atoms with E-state index < -0.39 is 0 Å². The molecule has 1 amide bonds. The minimum atomic E-state index is 0.143. The summed E-state index contributed by atoms with van der Waals surface area (Å²) in [5.41, 5.74) is 1.09.